The fraction of sp³-hybridized carbons (Fsp3) is 1.00. The lowest BCUT2D eigenvalue weighted by atomic mass is 10.0. The highest BCUT2D eigenvalue weighted by Gasteiger charge is 2.35. The summed E-state index contributed by atoms with van der Waals surface area (Å²) in [6.45, 7) is 4.10. The average Bonchev–Trinajstić information content (AvgIpc) is 2.32. The summed E-state index contributed by atoms with van der Waals surface area (Å²) in [4.78, 5) is 0. The van der Waals surface area contributed by atoms with Crippen molar-refractivity contribution in [2.45, 2.75) is 31.3 Å². The number of hydrogen-bond acceptors (Lipinski definition) is 3. The van der Waals surface area contributed by atoms with Crippen LogP contribution in [0.4, 0.5) is 0 Å². The number of ether oxygens (including phenoxy) is 1. The van der Waals surface area contributed by atoms with E-state index in [1.807, 2.05) is 18.7 Å². The zero-order chi connectivity index (χ0) is 8.43. The van der Waals surface area contributed by atoms with Crippen LogP contribution in [0.5, 0.6) is 0 Å². The Morgan fingerprint density at radius 1 is 1.64 bits per heavy atom. The Balaban J connectivity index is 2.47. The molecule has 1 rings (SSSR count). The Kier molecular flexibility index (Phi) is 3.22. The van der Waals surface area contributed by atoms with E-state index >= 15 is 0 Å². The van der Waals surface area contributed by atoms with Gasteiger partial charge in [0.2, 0.25) is 0 Å². The van der Waals surface area contributed by atoms with Gasteiger partial charge in [0, 0.05) is 7.11 Å². The van der Waals surface area contributed by atoms with Gasteiger partial charge in [0.25, 0.3) is 0 Å². The summed E-state index contributed by atoms with van der Waals surface area (Å²) in [6, 6.07) is 0. The molecular weight excluding hydrogens is 160 g/mol. The predicted molar refractivity (Wildman–Crippen MR) is 47.9 cm³/mol. The van der Waals surface area contributed by atoms with Crippen molar-refractivity contribution in [3.05, 3.63) is 0 Å². The van der Waals surface area contributed by atoms with Crippen molar-refractivity contribution >= 4 is 11.8 Å². The highest BCUT2D eigenvalue weighted by atomic mass is 32.2. The van der Waals surface area contributed by atoms with Crippen LogP contribution in [0, 0.1) is 5.92 Å². The van der Waals surface area contributed by atoms with Crippen LogP contribution in [0.15, 0.2) is 0 Å². The van der Waals surface area contributed by atoms with E-state index in [0.29, 0.717) is 5.92 Å². The summed E-state index contributed by atoms with van der Waals surface area (Å²) >= 11 is 1.82. The number of hydrogen-bond donors (Lipinski definition) is 1. The van der Waals surface area contributed by atoms with Crippen LogP contribution in [-0.4, -0.2) is 35.4 Å². The number of aliphatic hydroxyl groups is 1. The summed E-state index contributed by atoms with van der Waals surface area (Å²) in [5, 5.41) is 9.93. The molecule has 4 unspecified atom stereocenters. The van der Waals surface area contributed by atoms with E-state index in [-0.39, 0.29) is 17.5 Å². The van der Waals surface area contributed by atoms with Gasteiger partial charge in [-0.2, -0.15) is 11.8 Å². The van der Waals surface area contributed by atoms with Gasteiger partial charge in [0.15, 0.2) is 0 Å². The standard InChI is InChI=1S/C8H16O2S/c1-5-4-11-8(7(5)9)6(2)10-3/h5-9H,4H2,1-3H3. The van der Waals surface area contributed by atoms with E-state index in [0.717, 1.165) is 5.75 Å². The number of thioether (sulfide) groups is 1. The number of aliphatic hydroxyl groups excluding tert-OH is 1. The van der Waals surface area contributed by atoms with Crippen molar-refractivity contribution in [1.29, 1.82) is 0 Å². The monoisotopic (exact) mass is 176 g/mol. The Labute approximate surface area is 72.3 Å². The van der Waals surface area contributed by atoms with Gasteiger partial charge in [-0.15, -0.1) is 0 Å². The minimum Gasteiger partial charge on any atom is -0.392 e. The van der Waals surface area contributed by atoms with Crippen molar-refractivity contribution < 1.29 is 9.84 Å². The molecule has 0 aromatic carbocycles. The Bertz CT molecular complexity index is 129. The van der Waals surface area contributed by atoms with E-state index in [1.54, 1.807) is 7.11 Å². The largest absolute Gasteiger partial charge is 0.392 e. The van der Waals surface area contributed by atoms with Crippen LogP contribution in [0.1, 0.15) is 13.8 Å². The second-order valence-electron chi connectivity index (χ2n) is 3.21. The van der Waals surface area contributed by atoms with Crippen molar-refractivity contribution in [3.8, 4) is 0 Å². The molecule has 1 N–H and O–H groups in total. The highest BCUT2D eigenvalue weighted by molar-refractivity contribution is 8.00. The molecule has 1 aliphatic heterocycles. The molecule has 0 aromatic heterocycles. The minimum atomic E-state index is -0.185. The first-order valence-electron chi connectivity index (χ1n) is 3.99. The van der Waals surface area contributed by atoms with Crippen LogP contribution in [0.2, 0.25) is 0 Å². The number of methoxy groups -OCH3 is 1. The van der Waals surface area contributed by atoms with Crippen LogP contribution in [0.25, 0.3) is 0 Å². The maximum absolute atomic E-state index is 9.66. The Morgan fingerprint density at radius 2 is 2.27 bits per heavy atom. The zero-order valence-corrected chi connectivity index (χ0v) is 8.10. The molecule has 3 heteroatoms. The summed E-state index contributed by atoms with van der Waals surface area (Å²) in [7, 11) is 1.70. The molecule has 11 heavy (non-hydrogen) atoms. The molecule has 4 atom stereocenters. The molecule has 0 bridgehead atoms. The maximum atomic E-state index is 9.66. The molecule has 1 saturated heterocycles. The van der Waals surface area contributed by atoms with Gasteiger partial charge in [0.1, 0.15) is 0 Å². The van der Waals surface area contributed by atoms with Crippen LogP contribution < -0.4 is 0 Å². The number of rotatable bonds is 2. The van der Waals surface area contributed by atoms with Gasteiger partial charge in [-0.1, -0.05) is 6.92 Å². The smallest absolute Gasteiger partial charge is 0.0717 e. The first-order valence-corrected chi connectivity index (χ1v) is 5.04. The van der Waals surface area contributed by atoms with Crippen molar-refractivity contribution in [2.24, 2.45) is 5.92 Å². The lowest BCUT2D eigenvalue weighted by Crippen LogP contribution is -2.32. The van der Waals surface area contributed by atoms with Gasteiger partial charge >= 0.3 is 0 Å². The molecule has 1 fully saturated rings. The molecular formula is C8H16O2S. The van der Waals surface area contributed by atoms with Crippen LogP contribution >= 0.6 is 11.8 Å². The van der Waals surface area contributed by atoms with E-state index < -0.39 is 0 Å². The Morgan fingerprint density at radius 3 is 2.64 bits per heavy atom. The summed E-state index contributed by atoms with van der Waals surface area (Å²) in [5.74, 6) is 1.47. The minimum absolute atomic E-state index is 0.167. The molecule has 2 nitrogen and oxygen atoms in total. The third kappa shape index (κ3) is 1.89. The average molecular weight is 176 g/mol. The van der Waals surface area contributed by atoms with Gasteiger partial charge in [-0.25, -0.2) is 0 Å². The molecule has 66 valence electrons. The lowest BCUT2D eigenvalue weighted by molar-refractivity contribution is 0.0515. The van der Waals surface area contributed by atoms with Crippen molar-refractivity contribution in [3.63, 3.8) is 0 Å². The van der Waals surface area contributed by atoms with Crippen LogP contribution in [0.3, 0.4) is 0 Å². The van der Waals surface area contributed by atoms with E-state index in [2.05, 4.69) is 6.92 Å². The molecule has 0 spiro atoms. The quantitative estimate of drug-likeness (QED) is 0.684. The van der Waals surface area contributed by atoms with Gasteiger partial charge < -0.3 is 9.84 Å². The molecule has 0 saturated carbocycles. The molecule has 1 aliphatic rings. The maximum Gasteiger partial charge on any atom is 0.0717 e. The second-order valence-corrected chi connectivity index (χ2v) is 4.42. The predicted octanol–water partition coefficient (Wildman–Crippen LogP) is 1.13. The van der Waals surface area contributed by atoms with Crippen molar-refractivity contribution in [2.75, 3.05) is 12.9 Å². The molecule has 0 aliphatic carbocycles. The topological polar surface area (TPSA) is 29.5 Å². The van der Waals surface area contributed by atoms with Gasteiger partial charge in [-0.3, -0.25) is 0 Å². The first-order chi connectivity index (χ1) is 5.16. The van der Waals surface area contributed by atoms with E-state index in [1.165, 1.54) is 0 Å². The first kappa shape index (κ1) is 9.36. The third-order valence-electron chi connectivity index (χ3n) is 2.31. The lowest BCUT2D eigenvalue weighted by Gasteiger charge is -2.21. The molecule has 1 heterocycles. The van der Waals surface area contributed by atoms with Gasteiger partial charge in [-0.05, 0) is 18.6 Å². The Hall–Kier alpha value is 0.270. The molecule has 0 aromatic rings. The highest BCUT2D eigenvalue weighted by Crippen LogP contribution is 2.34. The fourth-order valence-electron chi connectivity index (χ4n) is 1.33. The SMILES string of the molecule is COC(C)C1SCC(C)C1O. The normalized spacial score (nSPS) is 40.9. The molecule has 0 radical (unpaired) electrons. The summed E-state index contributed by atoms with van der Waals surface area (Å²) in [6.07, 6.45) is -0.0186. The summed E-state index contributed by atoms with van der Waals surface area (Å²) < 4.78 is 5.17. The van der Waals surface area contributed by atoms with Gasteiger partial charge in [0.05, 0.1) is 17.5 Å². The van der Waals surface area contributed by atoms with Crippen LogP contribution in [-0.2, 0) is 4.74 Å². The summed E-state index contributed by atoms with van der Waals surface area (Å²) in [5.41, 5.74) is 0. The fourth-order valence-corrected chi connectivity index (χ4v) is 2.90. The van der Waals surface area contributed by atoms with E-state index in [9.17, 15) is 5.11 Å². The molecule has 0 amide bonds. The zero-order valence-electron chi connectivity index (χ0n) is 7.28. The second kappa shape index (κ2) is 3.78. The third-order valence-corrected chi connectivity index (χ3v) is 4.07. The van der Waals surface area contributed by atoms with E-state index in [4.69, 9.17) is 4.74 Å². The van der Waals surface area contributed by atoms with Crippen molar-refractivity contribution in [1.82, 2.24) is 0 Å².